The molecule has 3 aromatic rings. The van der Waals surface area contributed by atoms with Gasteiger partial charge in [0.2, 0.25) is 0 Å². The molecule has 2 aromatic carbocycles. The number of H-pyrrole nitrogens is 1. The van der Waals surface area contributed by atoms with Gasteiger partial charge in [-0.1, -0.05) is 24.3 Å². The summed E-state index contributed by atoms with van der Waals surface area (Å²) in [5, 5.41) is 4.99. The summed E-state index contributed by atoms with van der Waals surface area (Å²) < 4.78 is 10.9. The fraction of sp³-hybridized carbons (Fsp3) is 0.300. The van der Waals surface area contributed by atoms with Crippen LogP contribution in [0.1, 0.15) is 22.9 Å². The van der Waals surface area contributed by atoms with Gasteiger partial charge in [-0.2, -0.15) is 0 Å². The number of aromatic nitrogens is 1. The topological polar surface area (TPSA) is 46.3 Å². The van der Waals surface area contributed by atoms with Crippen LogP contribution in [-0.2, 0) is 12.8 Å². The lowest BCUT2D eigenvalue weighted by molar-refractivity contribution is 0.387. The largest absolute Gasteiger partial charge is 0.497 e. The van der Waals surface area contributed by atoms with E-state index in [0.717, 1.165) is 30.9 Å². The maximum Gasteiger partial charge on any atom is 0.125 e. The van der Waals surface area contributed by atoms with Crippen LogP contribution in [0.3, 0.4) is 0 Å². The lowest BCUT2D eigenvalue weighted by atomic mass is 9.94. The summed E-state index contributed by atoms with van der Waals surface area (Å²) in [7, 11) is 3.38. The zero-order chi connectivity index (χ0) is 16.5. The van der Waals surface area contributed by atoms with Crippen molar-refractivity contribution in [2.75, 3.05) is 20.8 Å². The van der Waals surface area contributed by atoms with Gasteiger partial charge in [0, 0.05) is 22.7 Å². The van der Waals surface area contributed by atoms with Crippen LogP contribution in [0.15, 0.2) is 42.5 Å². The first-order chi connectivity index (χ1) is 11.8. The van der Waals surface area contributed by atoms with E-state index in [4.69, 9.17) is 9.47 Å². The van der Waals surface area contributed by atoms with Crippen molar-refractivity contribution < 1.29 is 9.47 Å². The minimum absolute atomic E-state index is 0.267. The number of rotatable bonds is 4. The fourth-order valence-electron chi connectivity index (χ4n) is 3.68. The summed E-state index contributed by atoms with van der Waals surface area (Å²) >= 11 is 0. The SMILES string of the molecule is COc1ccc(CC2NCCc3c2[nH]c2ccccc32)c(OC)c1. The van der Waals surface area contributed by atoms with Gasteiger partial charge in [-0.25, -0.2) is 0 Å². The highest BCUT2D eigenvalue weighted by molar-refractivity contribution is 5.85. The number of hydrogen-bond donors (Lipinski definition) is 2. The number of benzene rings is 2. The molecule has 1 unspecified atom stereocenters. The minimum Gasteiger partial charge on any atom is -0.497 e. The van der Waals surface area contributed by atoms with Crippen LogP contribution in [0, 0.1) is 0 Å². The van der Waals surface area contributed by atoms with Crippen LogP contribution in [0.4, 0.5) is 0 Å². The summed E-state index contributed by atoms with van der Waals surface area (Å²) in [6.07, 6.45) is 1.95. The Morgan fingerprint density at radius 2 is 1.96 bits per heavy atom. The average molecular weight is 322 g/mol. The van der Waals surface area contributed by atoms with E-state index in [9.17, 15) is 0 Å². The van der Waals surface area contributed by atoms with Gasteiger partial charge in [0.1, 0.15) is 11.5 Å². The molecule has 4 nitrogen and oxygen atoms in total. The first-order valence-electron chi connectivity index (χ1n) is 8.34. The van der Waals surface area contributed by atoms with Crippen molar-refractivity contribution in [3.05, 3.63) is 59.3 Å². The number of ether oxygens (including phenoxy) is 2. The van der Waals surface area contributed by atoms with E-state index in [1.54, 1.807) is 14.2 Å². The summed E-state index contributed by atoms with van der Waals surface area (Å²) in [4.78, 5) is 3.62. The molecule has 2 heterocycles. The third-order valence-corrected chi connectivity index (χ3v) is 4.88. The summed E-state index contributed by atoms with van der Waals surface area (Å²) in [6.45, 7) is 0.998. The van der Waals surface area contributed by atoms with Gasteiger partial charge in [0.15, 0.2) is 0 Å². The van der Waals surface area contributed by atoms with Gasteiger partial charge in [-0.05, 0) is 42.6 Å². The maximum atomic E-state index is 5.56. The molecule has 0 aliphatic carbocycles. The number of para-hydroxylation sites is 1. The normalized spacial score (nSPS) is 16.8. The summed E-state index contributed by atoms with van der Waals surface area (Å²) in [5.74, 6) is 1.69. The summed E-state index contributed by atoms with van der Waals surface area (Å²) in [5.41, 5.74) is 5.15. The van der Waals surface area contributed by atoms with Crippen LogP contribution in [0.25, 0.3) is 10.9 Å². The predicted molar refractivity (Wildman–Crippen MR) is 96.0 cm³/mol. The number of aromatic amines is 1. The highest BCUT2D eigenvalue weighted by Gasteiger charge is 2.24. The lowest BCUT2D eigenvalue weighted by Crippen LogP contribution is -2.31. The highest BCUT2D eigenvalue weighted by Crippen LogP contribution is 2.34. The molecular weight excluding hydrogens is 300 g/mol. The number of nitrogens with one attached hydrogen (secondary N) is 2. The average Bonchev–Trinajstić information content (AvgIpc) is 3.02. The second kappa shape index (κ2) is 6.21. The van der Waals surface area contributed by atoms with E-state index < -0.39 is 0 Å². The van der Waals surface area contributed by atoms with Gasteiger partial charge in [-0.3, -0.25) is 0 Å². The molecule has 0 bridgehead atoms. The molecule has 0 amide bonds. The van der Waals surface area contributed by atoms with Crippen LogP contribution in [0.2, 0.25) is 0 Å². The Bertz CT molecular complexity index is 869. The van der Waals surface area contributed by atoms with E-state index in [-0.39, 0.29) is 6.04 Å². The Morgan fingerprint density at radius 3 is 2.79 bits per heavy atom. The van der Waals surface area contributed by atoms with E-state index in [0.29, 0.717) is 0 Å². The molecule has 1 atom stereocenters. The Hall–Kier alpha value is -2.46. The van der Waals surface area contributed by atoms with E-state index >= 15 is 0 Å². The van der Waals surface area contributed by atoms with Crippen molar-refractivity contribution >= 4 is 10.9 Å². The number of hydrogen-bond acceptors (Lipinski definition) is 3. The fourth-order valence-corrected chi connectivity index (χ4v) is 3.68. The molecule has 1 aliphatic rings. The van der Waals surface area contributed by atoms with Crippen LogP contribution in [-0.4, -0.2) is 25.7 Å². The zero-order valence-electron chi connectivity index (χ0n) is 14.1. The Morgan fingerprint density at radius 1 is 1.08 bits per heavy atom. The second-order valence-corrected chi connectivity index (χ2v) is 6.20. The van der Waals surface area contributed by atoms with Gasteiger partial charge in [0.05, 0.1) is 20.3 Å². The first-order valence-corrected chi connectivity index (χ1v) is 8.34. The standard InChI is InChI=1S/C20H22N2O2/c1-23-14-8-7-13(19(12-14)24-2)11-18-20-16(9-10-21-18)15-5-3-4-6-17(15)22-20/h3-8,12,18,21-22H,9-11H2,1-2H3. The highest BCUT2D eigenvalue weighted by atomic mass is 16.5. The van der Waals surface area contributed by atoms with Gasteiger partial charge >= 0.3 is 0 Å². The minimum atomic E-state index is 0.267. The van der Waals surface area contributed by atoms with Crippen molar-refractivity contribution in [3.8, 4) is 11.5 Å². The third kappa shape index (κ3) is 2.53. The molecule has 4 heteroatoms. The van der Waals surface area contributed by atoms with Crippen molar-refractivity contribution in [1.29, 1.82) is 0 Å². The van der Waals surface area contributed by atoms with Crippen molar-refractivity contribution in [2.24, 2.45) is 0 Å². The molecule has 0 fully saturated rings. The number of fused-ring (bicyclic) bond motifs is 3. The van der Waals surface area contributed by atoms with Crippen LogP contribution >= 0.6 is 0 Å². The molecule has 1 aliphatic heterocycles. The molecule has 2 N–H and O–H groups in total. The first kappa shape index (κ1) is 15.1. The molecule has 0 saturated heterocycles. The molecule has 4 rings (SSSR count). The zero-order valence-corrected chi connectivity index (χ0v) is 14.1. The Kier molecular flexibility index (Phi) is 3.90. The number of methoxy groups -OCH3 is 2. The van der Waals surface area contributed by atoms with E-state index in [1.807, 2.05) is 12.1 Å². The monoisotopic (exact) mass is 322 g/mol. The predicted octanol–water partition coefficient (Wildman–Crippen LogP) is 3.61. The van der Waals surface area contributed by atoms with E-state index in [1.165, 1.54) is 27.7 Å². The Balaban J connectivity index is 1.70. The maximum absolute atomic E-state index is 5.56. The van der Waals surface area contributed by atoms with Crippen LogP contribution < -0.4 is 14.8 Å². The van der Waals surface area contributed by atoms with Crippen molar-refractivity contribution in [2.45, 2.75) is 18.9 Å². The molecule has 1 aromatic heterocycles. The molecule has 0 spiro atoms. The smallest absolute Gasteiger partial charge is 0.125 e. The van der Waals surface area contributed by atoms with Crippen molar-refractivity contribution in [1.82, 2.24) is 10.3 Å². The third-order valence-electron chi connectivity index (χ3n) is 4.88. The molecule has 0 radical (unpaired) electrons. The van der Waals surface area contributed by atoms with Crippen molar-refractivity contribution in [3.63, 3.8) is 0 Å². The lowest BCUT2D eigenvalue weighted by Gasteiger charge is -2.25. The van der Waals surface area contributed by atoms with Gasteiger partial charge < -0.3 is 19.8 Å². The van der Waals surface area contributed by atoms with E-state index in [2.05, 4.69) is 40.6 Å². The van der Waals surface area contributed by atoms with Gasteiger partial charge in [-0.15, -0.1) is 0 Å². The second-order valence-electron chi connectivity index (χ2n) is 6.20. The Labute approximate surface area is 141 Å². The molecule has 124 valence electrons. The molecule has 24 heavy (non-hydrogen) atoms. The molecule has 0 saturated carbocycles. The molecular formula is C20H22N2O2. The quantitative estimate of drug-likeness (QED) is 0.771. The summed E-state index contributed by atoms with van der Waals surface area (Å²) in [6, 6.07) is 14.9. The van der Waals surface area contributed by atoms with Crippen LogP contribution in [0.5, 0.6) is 11.5 Å². The van der Waals surface area contributed by atoms with Gasteiger partial charge in [0.25, 0.3) is 0 Å².